The summed E-state index contributed by atoms with van der Waals surface area (Å²) in [6.07, 6.45) is 5.03. The van der Waals surface area contributed by atoms with Crippen LogP contribution in [-0.2, 0) is 6.42 Å². The number of nitrogens with zero attached hydrogens (tertiary/aromatic N) is 1. The van der Waals surface area contributed by atoms with E-state index in [4.69, 9.17) is 4.42 Å². The van der Waals surface area contributed by atoms with E-state index in [-0.39, 0.29) is 0 Å². The predicted molar refractivity (Wildman–Crippen MR) is 90.9 cm³/mol. The number of aromatic hydroxyl groups is 1. The highest BCUT2D eigenvalue weighted by Crippen LogP contribution is 2.52. The quantitative estimate of drug-likeness (QED) is 0.857. The summed E-state index contributed by atoms with van der Waals surface area (Å²) in [4.78, 5) is 2.74. The zero-order valence-corrected chi connectivity index (χ0v) is 14.0. The molecule has 3 heteroatoms. The van der Waals surface area contributed by atoms with Gasteiger partial charge in [-0.2, -0.15) is 0 Å². The molecule has 0 radical (unpaired) electrons. The fourth-order valence-corrected chi connectivity index (χ4v) is 5.67. The summed E-state index contributed by atoms with van der Waals surface area (Å²) >= 11 is 0. The van der Waals surface area contributed by atoms with E-state index in [1.54, 1.807) is 0 Å². The van der Waals surface area contributed by atoms with Crippen molar-refractivity contribution < 1.29 is 9.52 Å². The molecule has 1 aromatic heterocycles. The van der Waals surface area contributed by atoms with Gasteiger partial charge in [0.1, 0.15) is 17.1 Å². The van der Waals surface area contributed by atoms with E-state index in [9.17, 15) is 5.11 Å². The molecule has 2 aromatic rings. The Bertz CT molecular complexity index is 778. The van der Waals surface area contributed by atoms with E-state index in [0.717, 1.165) is 41.3 Å². The number of benzene rings is 1. The van der Waals surface area contributed by atoms with Crippen molar-refractivity contribution in [3.63, 3.8) is 0 Å². The van der Waals surface area contributed by atoms with Gasteiger partial charge in [0.05, 0.1) is 0 Å². The Labute approximate surface area is 137 Å². The van der Waals surface area contributed by atoms with Crippen LogP contribution in [0.4, 0.5) is 0 Å². The van der Waals surface area contributed by atoms with Gasteiger partial charge in [-0.1, -0.05) is 13.3 Å². The maximum atomic E-state index is 10.1. The van der Waals surface area contributed by atoms with Crippen LogP contribution in [0.15, 0.2) is 16.5 Å². The topological polar surface area (TPSA) is 36.6 Å². The summed E-state index contributed by atoms with van der Waals surface area (Å²) in [5.74, 6) is 3.84. The highest BCUT2D eigenvalue weighted by atomic mass is 16.3. The first kappa shape index (κ1) is 13.9. The molecule has 1 aromatic carbocycles. The average molecular weight is 311 g/mol. The lowest BCUT2D eigenvalue weighted by Gasteiger charge is -2.52. The maximum Gasteiger partial charge on any atom is 0.135 e. The molecule has 3 fully saturated rings. The maximum absolute atomic E-state index is 10.1. The first-order valence-electron chi connectivity index (χ1n) is 9.14. The molecule has 0 spiro atoms. The molecule has 122 valence electrons. The number of furan rings is 1. The third-order valence-electron chi connectivity index (χ3n) is 6.68. The van der Waals surface area contributed by atoms with Gasteiger partial charge in [-0.05, 0) is 55.7 Å². The minimum atomic E-state index is 0.390. The Morgan fingerprint density at radius 2 is 2.17 bits per heavy atom. The highest BCUT2D eigenvalue weighted by molar-refractivity contribution is 5.85. The molecule has 4 aliphatic rings. The van der Waals surface area contributed by atoms with Crippen LogP contribution in [0.2, 0.25) is 0 Å². The Hall–Kier alpha value is -1.48. The van der Waals surface area contributed by atoms with Crippen LogP contribution in [0.1, 0.15) is 49.0 Å². The van der Waals surface area contributed by atoms with Crippen molar-refractivity contribution in [2.24, 2.45) is 11.8 Å². The number of hydrogen-bond donors (Lipinski definition) is 1. The lowest BCUT2D eigenvalue weighted by molar-refractivity contribution is -0.0169. The molecule has 6 rings (SSSR count). The van der Waals surface area contributed by atoms with Crippen molar-refractivity contribution in [1.29, 1.82) is 0 Å². The van der Waals surface area contributed by atoms with Gasteiger partial charge in [0, 0.05) is 36.0 Å². The molecular weight excluding hydrogens is 286 g/mol. The second kappa shape index (κ2) is 4.76. The summed E-state index contributed by atoms with van der Waals surface area (Å²) in [7, 11) is 0. The molecule has 1 N–H and O–H groups in total. The zero-order chi connectivity index (χ0) is 15.7. The SMILES string of the molecule is CCC1CC2CC3c4oc5cc(C)c(O)cc5c4CCN(C2)C13. The van der Waals surface area contributed by atoms with E-state index >= 15 is 0 Å². The second-order valence-electron chi connectivity index (χ2n) is 7.93. The molecule has 2 saturated heterocycles. The van der Waals surface area contributed by atoms with Gasteiger partial charge >= 0.3 is 0 Å². The molecule has 5 unspecified atom stereocenters. The van der Waals surface area contributed by atoms with Gasteiger partial charge in [-0.25, -0.2) is 0 Å². The van der Waals surface area contributed by atoms with Gasteiger partial charge < -0.3 is 9.52 Å². The van der Waals surface area contributed by atoms with E-state index in [2.05, 4.69) is 11.8 Å². The van der Waals surface area contributed by atoms with Crippen molar-refractivity contribution in [2.75, 3.05) is 13.1 Å². The fourth-order valence-electron chi connectivity index (χ4n) is 5.67. The third kappa shape index (κ3) is 1.86. The van der Waals surface area contributed by atoms with Crippen LogP contribution in [0.25, 0.3) is 11.0 Å². The normalized spacial score (nSPS) is 35.3. The van der Waals surface area contributed by atoms with Gasteiger partial charge in [-0.15, -0.1) is 0 Å². The van der Waals surface area contributed by atoms with Crippen molar-refractivity contribution >= 4 is 11.0 Å². The number of phenolic OH excluding ortho intramolecular Hbond substituents is 1. The molecule has 1 saturated carbocycles. The Kier molecular flexibility index (Phi) is 2.88. The largest absolute Gasteiger partial charge is 0.508 e. The standard InChI is InChI=1S/C20H25NO2/c1-3-13-7-12-8-16-19(13)21(10-12)5-4-14-15-9-17(22)11(2)6-18(15)23-20(14)16/h6,9,12-13,16,19,22H,3-5,7-8,10H2,1-2H3. The Balaban J connectivity index is 1.69. The van der Waals surface area contributed by atoms with Crippen molar-refractivity contribution in [2.45, 2.75) is 51.5 Å². The van der Waals surface area contributed by atoms with E-state index in [1.165, 1.54) is 37.1 Å². The van der Waals surface area contributed by atoms with Crippen LogP contribution in [-0.4, -0.2) is 29.1 Å². The van der Waals surface area contributed by atoms with Gasteiger partial charge in [0.25, 0.3) is 0 Å². The molecule has 3 aliphatic heterocycles. The number of fused-ring (bicyclic) bond motifs is 4. The average Bonchev–Trinajstić information content (AvgIpc) is 2.85. The molecule has 3 nitrogen and oxygen atoms in total. The van der Waals surface area contributed by atoms with Gasteiger partial charge in [0.2, 0.25) is 0 Å². The van der Waals surface area contributed by atoms with Gasteiger partial charge in [-0.3, -0.25) is 4.90 Å². The lowest BCUT2D eigenvalue weighted by Crippen LogP contribution is -2.56. The van der Waals surface area contributed by atoms with E-state index < -0.39 is 0 Å². The fraction of sp³-hybridized carbons (Fsp3) is 0.600. The van der Waals surface area contributed by atoms with Crippen LogP contribution >= 0.6 is 0 Å². The van der Waals surface area contributed by atoms with Crippen molar-refractivity contribution in [1.82, 2.24) is 4.90 Å². The highest BCUT2D eigenvalue weighted by Gasteiger charge is 2.49. The van der Waals surface area contributed by atoms with E-state index in [0.29, 0.717) is 17.7 Å². The minimum absolute atomic E-state index is 0.390. The molecule has 4 heterocycles. The smallest absolute Gasteiger partial charge is 0.135 e. The predicted octanol–water partition coefficient (Wildman–Crippen LogP) is 4.21. The summed E-state index contributed by atoms with van der Waals surface area (Å²) in [6, 6.07) is 4.60. The molecule has 4 bridgehead atoms. The third-order valence-corrected chi connectivity index (χ3v) is 6.68. The summed E-state index contributed by atoms with van der Waals surface area (Å²) in [6.45, 7) is 6.72. The van der Waals surface area contributed by atoms with Crippen molar-refractivity contribution in [3.05, 3.63) is 29.0 Å². The first-order chi connectivity index (χ1) is 11.2. The Morgan fingerprint density at radius 1 is 1.30 bits per heavy atom. The molecule has 1 aliphatic carbocycles. The number of hydrogen-bond acceptors (Lipinski definition) is 3. The zero-order valence-electron chi connectivity index (χ0n) is 14.0. The summed E-state index contributed by atoms with van der Waals surface area (Å²) < 4.78 is 6.40. The van der Waals surface area contributed by atoms with E-state index in [1.807, 2.05) is 19.1 Å². The molecule has 23 heavy (non-hydrogen) atoms. The summed E-state index contributed by atoms with van der Waals surface area (Å²) in [5, 5.41) is 11.3. The second-order valence-corrected chi connectivity index (χ2v) is 7.93. The van der Waals surface area contributed by atoms with Crippen LogP contribution in [0, 0.1) is 18.8 Å². The number of piperidine rings is 2. The minimum Gasteiger partial charge on any atom is -0.508 e. The van der Waals surface area contributed by atoms with Crippen LogP contribution in [0.3, 0.4) is 0 Å². The molecular formula is C20H25NO2. The summed E-state index contributed by atoms with van der Waals surface area (Å²) in [5.41, 5.74) is 3.23. The number of rotatable bonds is 1. The van der Waals surface area contributed by atoms with Crippen LogP contribution in [0.5, 0.6) is 5.75 Å². The first-order valence-corrected chi connectivity index (χ1v) is 9.14. The number of aryl methyl sites for hydroxylation is 1. The molecule has 0 amide bonds. The van der Waals surface area contributed by atoms with Gasteiger partial charge in [0.15, 0.2) is 0 Å². The van der Waals surface area contributed by atoms with Crippen molar-refractivity contribution in [3.8, 4) is 5.75 Å². The van der Waals surface area contributed by atoms with Crippen LogP contribution < -0.4 is 0 Å². The Morgan fingerprint density at radius 3 is 3.00 bits per heavy atom. The number of phenols is 1. The molecule has 5 atom stereocenters. The monoisotopic (exact) mass is 311 g/mol. The lowest BCUT2D eigenvalue weighted by atomic mass is 9.65.